The Labute approximate surface area is 94.4 Å². The Morgan fingerprint density at radius 3 is 2.62 bits per heavy atom. The lowest BCUT2D eigenvalue weighted by Crippen LogP contribution is -2.22. The average Bonchev–Trinajstić information content (AvgIpc) is 2.22. The van der Waals surface area contributed by atoms with E-state index in [9.17, 15) is 8.78 Å². The Hall–Kier alpha value is -1.16. The van der Waals surface area contributed by atoms with Gasteiger partial charge in [-0.2, -0.15) is 8.78 Å². The third kappa shape index (κ3) is 3.45. The van der Waals surface area contributed by atoms with Gasteiger partial charge in [0.05, 0.1) is 0 Å². The molecular formula is C12H17F2NO. The van der Waals surface area contributed by atoms with Gasteiger partial charge in [0.1, 0.15) is 5.75 Å². The number of hydrogen-bond acceptors (Lipinski definition) is 2. The van der Waals surface area contributed by atoms with Crippen molar-refractivity contribution in [2.75, 3.05) is 0 Å². The number of rotatable bonds is 5. The fourth-order valence-corrected chi connectivity index (χ4v) is 1.56. The van der Waals surface area contributed by atoms with Crippen molar-refractivity contribution in [1.29, 1.82) is 0 Å². The summed E-state index contributed by atoms with van der Waals surface area (Å²) in [6.07, 6.45) is 1.36. The van der Waals surface area contributed by atoms with Gasteiger partial charge in [0, 0.05) is 6.04 Å². The molecule has 2 nitrogen and oxygen atoms in total. The lowest BCUT2D eigenvalue weighted by Gasteiger charge is -2.15. The summed E-state index contributed by atoms with van der Waals surface area (Å²) in [6.45, 7) is 0.921. The van der Waals surface area contributed by atoms with Crippen molar-refractivity contribution in [1.82, 2.24) is 0 Å². The summed E-state index contributed by atoms with van der Waals surface area (Å²) in [5, 5.41) is 0. The molecule has 0 aromatic heterocycles. The highest BCUT2D eigenvalue weighted by molar-refractivity contribution is 5.41. The molecule has 2 N–H and O–H groups in total. The topological polar surface area (TPSA) is 35.2 Å². The third-order valence-electron chi connectivity index (χ3n) is 2.51. The zero-order valence-electron chi connectivity index (χ0n) is 9.54. The van der Waals surface area contributed by atoms with Crippen LogP contribution >= 0.6 is 0 Å². The van der Waals surface area contributed by atoms with Gasteiger partial charge in [-0.15, -0.1) is 0 Å². The molecule has 0 bridgehead atoms. The van der Waals surface area contributed by atoms with E-state index in [1.165, 1.54) is 0 Å². The van der Waals surface area contributed by atoms with Gasteiger partial charge < -0.3 is 10.5 Å². The van der Waals surface area contributed by atoms with Gasteiger partial charge in [-0.05, 0) is 30.9 Å². The van der Waals surface area contributed by atoms with Crippen LogP contribution in [0, 0.1) is 6.92 Å². The fraction of sp³-hybridized carbons (Fsp3) is 0.500. The van der Waals surface area contributed by atoms with Gasteiger partial charge >= 0.3 is 6.61 Å². The molecule has 16 heavy (non-hydrogen) atoms. The second-order valence-corrected chi connectivity index (χ2v) is 3.81. The Balaban J connectivity index is 2.93. The zero-order chi connectivity index (χ0) is 12.1. The Kier molecular flexibility index (Phi) is 4.68. The number of para-hydroxylation sites is 1. The van der Waals surface area contributed by atoms with Crippen molar-refractivity contribution in [2.24, 2.45) is 5.73 Å². The summed E-state index contributed by atoms with van der Waals surface area (Å²) < 4.78 is 29.0. The highest BCUT2D eigenvalue weighted by Gasteiger charge is 2.13. The molecule has 0 fully saturated rings. The average molecular weight is 229 g/mol. The van der Waals surface area contributed by atoms with Crippen LogP contribution in [0.25, 0.3) is 0 Å². The van der Waals surface area contributed by atoms with E-state index in [2.05, 4.69) is 4.74 Å². The van der Waals surface area contributed by atoms with Crippen LogP contribution in [0.3, 0.4) is 0 Å². The van der Waals surface area contributed by atoms with E-state index >= 15 is 0 Å². The van der Waals surface area contributed by atoms with Crippen molar-refractivity contribution >= 4 is 0 Å². The molecule has 0 spiro atoms. The van der Waals surface area contributed by atoms with E-state index in [4.69, 9.17) is 5.73 Å². The minimum atomic E-state index is -2.79. The predicted molar refractivity (Wildman–Crippen MR) is 59.8 cm³/mol. The first-order valence-electron chi connectivity index (χ1n) is 5.33. The maximum Gasteiger partial charge on any atom is 0.387 e. The number of nitrogens with two attached hydrogens (primary N) is 1. The molecule has 0 amide bonds. The highest BCUT2D eigenvalue weighted by atomic mass is 19.3. The fourth-order valence-electron chi connectivity index (χ4n) is 1.56. The van der Waals surface area contributed by atoms with Crippen molar-refractivity contribution in [3.8, 4) is 5.75 Å². The van der Waals surface area contributed by atoms with Gasteiger partial charge in [-0.1, -0.05) is 25.1 Å². The van der Waals surface area contributed by atoms with Crippen LogP contribution in [0.5, 0.6) is 5.75 Å². The molecule has 0 aliphatic rings. The molecule has 0 heterocycles. The molecule has 0 saturated heterocycles. The molecule has 1 unspecified atom stereocenters. The smallest absolute Gasteiger partial charge is 0.387 e. The van der Waals surface area contributed by atoms with E-state index in [1.807, 2.05) is 13.0 Å². The van der Waals surface area contributed by atoms with E-state index < -0.39 is 6.61 Å². The van der Waals surface area contributed by atoms with Gasteiger partial charge in [-0.3, -0.25) is 0 Å². The summed E-state index contributed by atoms with van der Waals surface area (Å²) in [6, 6.07) is 5.33. The van der Waals surface area contributed by atoms with Crippen LogP contribution in [0.15, 0.2) is 18.2 Å². The zero-order valence-corrected chi connectivity index (χ0v) is 9.54. The lowest BCUT2D eigenvalue weighted by atomic mass is 10.0. The first-order valence-corrected chi connectivity index (χ1v) is 5.33. The largest absolute Gasteiger partial charge is 0.434 e. The van der Waals surface area contributed by atoms with Gasteiger partial charge in [0.2, 0.25) is 0 Å². The number of aryl methyl sites for hydroxylation is 1. The SMILES string of the molecule is CCC(N)Cc1cccc(C)c1OC(F)F. The van der Waals surface area contributed by atoms with Gasteiger partial charge in [0.25, 0.3) is 0 Å². The van der Waals surface area contributed by atoms with Crippen molar-refractivity contribution in [3.63, 3.8) is 0 Å². The second-order valence-electron chi connectivity index (χ2n) is 3.81. The number of alkyl halides is 2. The molecule has 0 aliphatic carbocycles. The molecule has 1 aromatic carbocycles. The monoisotopic (exact) mass is 229 g/mol. The summed E-state index contributed by atoms with van der Waals surface area (Å²) >= 11 is 0. The molecule has 0 saturated carbocycles. The van der Waals surface area contributed by atoms with Crippen LogP contribution in [0.1, 0.15) is 24.5 Å². The molecule has 1 rings (SSSR count). The van der Waals surface area contributed by atoms with Crippen molar-refractivity contribution < 1.29 is 13.5 Å². The maximum atomic E-state index is 12.2. The predicted octanol–water partition coefficient (Wildman–Crippen LogP) is 2.88. The quantitative estimate of drug-likeness (QED) is 0.842. The Bertz CT molecular complexity index is 342. The first kappa shape index (κ1) is 12.9. The minimum Gasteiger partial charge on any atom is -0.434 e. The first-order chi connectivity index (χ1) is 7.54. The number of ether oxygens (including phenoxy) is 1. The van der Waals surface area contributed by atoms with Crippen LogP contribution in [-0.4, -0.2) is 12.7 Å². The van der Waals surface area contributed by atoms with Crippen LogP contribution in [0.2, 0.25) is 0 Å². The van der Waals surface area contributed by atoms with E-state index in [0.29, 0.717) is 12.0 Å². The molecule has 1 atom stereocenters. The summed E-state index contributed by atoms with van der Waals surface area (Å²) in [5.74, 6) is 0.265. The third-order valence-corrected chi connectivity index (χ3v) is 2.51. The van der Waals surface area contributed by atoms with Crippen molar-refractivity contribution in [2.45, 2.75) is 39.3 Å². The summed E-state index contributed by atoms with van der Waals surface area (Å²) in [5.41, 5.74) is 7.27. The minimum absolute atomic E-state index is 0.0261. The Morgan fingerprint density at radius 2 is 2.06 bits per heavy atom. The van der Waals surface area contributed by atoms with Crippen LogP contribution in [-0.2, 0) is 6.42 Å². The molecule has 4 heteroatoms. The second kappa shape index (κ2) is 5.80. The van der Waals surface area contributed by atoms with Gasteiger partial charge in [0.15, 0.2) is 0 Å². The molecule has 1 aromatic rings. The summed E-state index contributed by atoms with van der Waals surface area (Å²) in [4.78, 5) is 0. The van der Waals surface area contributed by atoms with Crippen molar-refractivity contribution in [3.05, 3.63) is 29.3 Å². The van der Waals surface area contributed by atoms with Crippen LogP contribution in [0.4, 0.5) is 8.78 Å². The van der Waals surface area contributed by atoms with Gasteiger partial charge in [-0.25, -0.2) is 0 Å². The standard InChI is InChI=1S/C12H17F2NO/c1-3-10(15)7-9-6-4-5-8(2)11(9)16-12(13)14/h4-6,10,12H,3,7,15H2,1-2H3. The molecule has 90 valence electrons. The molecular weight excluding hydrogens is 212 g/mol. The van der Waals surface area contributed by atoms with E-state index in [0.717, 1.165) is 12.0 Å². The summed E-state index contributed by atoms with van der Waals surface area (Å²) in [7, 11) is 0. The number of hydrogen-bond donors (Lipinski definition) is 1. The Morgan fingerprint density at radius 1 is 1.38 bits per heavy atom. The van der Waals surface area contributed by atoms with E-state index in [1.54, 1.807) is 19.1 Å². The lowest BCUT2D eigenvalue weighted by molar-refractivity contribution is -0.0509. The normalized spacial score (nSPS) is 12.9. The molecule has 0 aliphatic heterocycles. The maximum absolute atomic E-state index is 12.2. The number of benzene rings is 1. The highest BCUT2D eigenvalue weighted by Crippen LogP contribution is 2.26. The van der Waals surface area contributed by atoms with Crippen LogP contribution < -0.4 is 10.5 Å². The molecule has 0 radical (unpaired) electrons. The number of halogens is 2. The van der Waals surface area contributed by atoms with E-state index in [-0.39, 0.29) is 11.8 Å².